The van der Waals surface area contributed by atoms with Crippen molar-refractivity contribution in [1.29, 1.82) is 0 Å². The molecule has 6 heteroatoms. The highest BCUT2D eigenvalue weighted by molar-refractivity contribution is 5.83. The second-order valence-electron chi connectivity index (χ2n) is 5.11. The summed E-state index contributed by atoms with van der Waals surface area (Å²) in [5.74, 6) is -1.19. The van der Waals surface area contributed by atoms with Crippen LogP contribution in [0.5, 0.6) is 0 Å². The maximum absolute atomic E-state index is 12.2. The van der Waals surface area contributed by atoms with Crippen molar-refractivity contribution in [2.45, 2.75) is 32.2 Å². The standard InChI is InChI=1S/C16H22N2O4/c1-12(19)6-5-9-17-16(22)14(18-11-15(20)21)10-13-7-3-2-4-8-13/h2-4,7-8,14,18H,5-6,9-11H2,1H3,(H,17,22)(H,20,21). The number of carbonyl (C=O) groups is 3. The van der Waals surface area contributed by atoms with Gasteiger partial charge < -0.3 is 15.2 Å². The molecule has 1 aromatic rings. The molecule has 6 nitrogen and oxygen atoms in total. The number of hydrogen-bond acceptors (Lipinski definition) is 4. The fourth-order valence-electron chi connectivity index (χ4n) is 1.99. The molecule has 1 aromatic carbocycles. The average Bonchev–Trinajstić information content (AvgIpc) is 2.48. The van der Waals surface area contributed by atoms with E-state index in [0.29, 0.717) is 25.8 Å². The first-order valence-corrected chi connectivity index (χ1v) is 7.25. The van der Waals surface area contributed by atoms with Crippen molar-refractivity contribution >= 4 is 17.7 Å². The van der Waals surface area contributed by atoms with Crippen LogP contribution < -0.4 is 10.6 Å². The van der Waals surface area contributed by atoms with Crippen LogP contribution in [0, 0.1) is 0 Å². The Kier molecular flexibility index (Phi) is 7.85. The van der Waals surface area contributed by atoms with Gasteiger partial charge in [-0.1, -0.05) is 30.3 Å². The van der Waals surface area contributed by atoms with Gasteiger partial charge >= 0.3 is 5.97 Å². The van der Waals surface area contributed by atoms with Gasteiger partial charge in [-0.15, -0.1) is 0 Å². The molecule has 22 heavy (non-hydrogen) atoms. The molecule has 0 radical (unpaired) electrons. The van der Waals surface area contributed by atoms with Crippen molar-refractivity contribution < 1.29 is 19.5 Å². The van der Waals surface area contributed by atoms with Crippen molar-refractivity contribution in [3.8, 4) is 0 Å². The number of amides is 1. The van der Waals surface area contributed by atoms with Gasteiger partial charge in [0.15, 0.2) is 0 Å². The van der Waals surface area contributed by atoms with Crippen molar-refractivity contribution in [2.24, 2.45) is 0 Å². The minimum absolute atomic E-state index is 0.0825. The Hall–Kier alpha value is -2.21. The quantitative estimate of drug-likeness (QED) is 0.555. The normalized spacial score (nSPS) is 11.7. The van der Waals surface area contributed by atoms with Gasteiger partial charge in [0, 0.05) is 13.0 Å². The molecule has 1 amide bonds. The summed E-state index contributed by atoms with van der Waals surface area (Å²) in [7, 11) is 0. The Labute approximate surface area is 129 Å². The summed E-state index contributed by atoms with van der Waals surface area (Å²) in [6, 6.07) is 8.78. The van der Waals surface area contributed by atoms with Crippen LogP contribution in [0.2, 0.25) is 0 Å². The number of carboxylic acids is 1. The van der Waals surface area contributed by atoms with Gasteiger partial charge in [0.2, 0.25) is 5.91 Å². The number of rotatable bonds is 10. The van der Waals surface area contributed by atoms with Crippen LogP contribution in [0.4, 0.5) is 0 Å². The molecule has 0 aliphatic heterocycles. The molecular formula is C16H22N2O4. The zero-order valence-electron chi connectivity index (χ0n) is 12.7. The molecule has 1 atom stereocenters. The number of benzene rings is 1. The first-order chi connectivity index (χ1) is 10.5. The van der Waals surface area contributed by atoms with E-state index in [-0.39, 0.29) is 18.2 Å². The minimum Gasteiger partial charge on any atom is -0.480 e. The van der Waals surface area contributed by atoms with Crippen LogP contribution in [0.15, 0.2) is 30.3 Å². The lowest BCUT2D eigenvalue weighted by Crippen LogP contribution is -2.47. The number of Topliss-reactive ketones (excluding diaryl/α,β-unsaturated/α-hetero) is 1. The van der Waals surface area contributed by atoms with Crippen molar-refractivity contribution in [2.75, 3.05) is 13.1 Å². The second-order valence-corrected chi connectivity index (χ2v) is 5.11. The first kappa shape index (κ1) is 17.8. The van der Waals surface area contributed by atoms with Gasteiger partial charge in [0.1, 0.15) is 5.78 Å². The minimum atomic E-state index is -1.01. The Bertz CT molecular complexity index is 502. The summed E-state index contributed by atoms with van der Waals surface area (Å²) in [6.45, 7) is 1.63. The lowest BCUT2D eigenvalue weighted by molar-refractivity contribution is -0.136. The van der Waals surface area contributed by atoms with E-state index in [1.54, 1.807) is 0 Å². The third-order valence-corrected chi connectivity index (χ3v) is 3.10. The molecule has 1 unspecified atom stereocenters. The summed E-state index contributed by atoms with van der Waals surface area (Å²) in [5.41, 5.74) is 0.948. The fourth-order valence-corrected chi connectivity index (χ4v) is 1.99. The number of aliphatic carboxylic acids is 1. The number of carboxylic acid groups (broad SMARTS) is 1. The Morgan fingerprint density at radius 3 is 2.45 bits per heavy atom. The monoisotopic (exact) mass is 306 g/mol. The highest BCUT2D eigenvalue weighted by Crippen LogP contribution is 2.03. The van der Waals surface area contributed by atoms with Gasteiger partial charge in [-0.25, -0.2) is 0 Å². The van der Waals surface area contributed by atoms with E-state index < -0.39 is 12.0 Å². The molecule has 0 saturated carbocycles. The molecule has 120 valence electrons. The van der Waals surface area contributed by atoms with E-state index in [1.807, 2.05) is 30.3 Å². The highest BCUT2D eigenvalue weighted by atomic mass is 16.4. The number of carbonyl (C=O) groups excluding carboxylic acids is 2. The van der Waals surface area contributed by atoms with Crippen molar-refractivity contribution in [3.63, 3.8) is 0 Å². The molecule has 0 spiro atoms. The average molecular weight is 306 g/mol. The number of nitrogens with one attached hydrogen (secondary N) is 2. The van der Waals surface area contributed by atoms with Crippen molar-refractivity contribution in [3.05, 3.63) is 35.9 Å². The van der Waals surface area contributed by atoms with E-state index in [2.05, 4.69) is 10.6 Å². The lowest BCUT2D eigenvalue weighted by atomic mass is 10.1. The predicted octanol–water partition coefficient (Wildman–Crippen LogP) is 0.757. The van der Waals surface area contributed by atoms with E-state index in [4.69, 9.17) is 5.11 Å². The molecule has 0 heterocycles. The molecule has 0 aromatic heterocycles. The van der Waals surface area contributed by atoms with Gasteiger partial charge in [-0.2, -0.15) is 0 Å². The Balaban J connectivity index is 2.54. The molecule has 1 rings (SSSR count). The summed E-state index contributed by atoms with van der Waals surface area (Å²) < 4.78 is 0. The van der Waals surface area contributed by atoms with E-state index in [9.17, 15) is 14.4 Å². The summed E-state index contributed by atoms with van der Waals surface area (Å²) >= 11 is 0. The van der Waals surface area contributed by atoms with E-state index >= 15 is 0 Å². The van der Waals surface area contributed by atoms with Gasteiger partial charge in [-0.05, 0) is 25.3 Å². The van der Waals surface area contributed by atoms with E-state index in [0.717, 1.165) is 5.56 Å². The molecular weight excluding hydrogens is 284 g/mol. The van der Waals surface area contributed by atoms with Crippen molar-refractivity contribution in [1.82, 2.24) is 10.6 Å². The lowest BCUT2D eigenvalue weighted by Gasteiger charge is -2.17. The Morgan fingerprint density at radius 2 is 1.86 bits per heavy atom. The molecule has 3 N–H and O–H groups in total. The van der Waals surface area contributed by atoms with Crippen LogP contribution in [0.25, 0.3) is 0 Å². The summed E-state index contributed by atoms with van der Waals surface area (Å²) in [6.07, 6.45) is 1.41. The Morgan fingerprint density at radius 1 is 1.18 bits per heavy atom. The topological polar surface area (TPSA) is 95.5 Å². The zero-order valence-corrected chi connectivity index (χ0v) is 12.7. The van der Waals surface area contributed by atoms with Gasteiger partial charge in [0.25, 0.3) is 0 Å². The molecule has 0 aliphatic rings. The van der Waals surface area contributed by atoms with Crippen LogP contribution in [-0.2, 0) is 20.8 Å². The van der Waals surface area contributed by atoms with Gasteiger partial charge in [-0.3, -0.25) is 14.9 Å². The summed E-state index contributed by atoms with van der Waals surface area (Å²) in [4.78, 5) is 33.7. The number of hydrogen-bond donors (Lipinski definition) is 3. The molecule has 0 fully saturated rings. The molecule has 0 bridgehead atoms. The molecule has 0 aliphatic carbocycles. The maximum Gasteiger partial charge on any atom is 0.317 e. The molecule has 0 saturated heterocycles. The van der Waals surface area contributed by atoms with E-state index in [1.165, 1.54) is 6.92 Å². The second kappa shape index (κ2) is 9.68. The highest BCUT2D eigenvalue weighted by Gasteiger charge is 2.19. The fraction of sp³-hybridized carbons (Fsp3) is 0.438. The number of ketones is 1. The third-order valence-electron chi connectivity index (χ3n) is 3.10. The zero-order chi connectivity index (χ0) is 16.4. The van der Waals surface area contributed by atoms with Crippen LogP contribution in [0.1, 0.15) is 25.3 Å². The maximum atomic E-state index is 12.2. The van der Waals surface area contributed by atoms with Crippen LogP contribution >= 0.6 is 0 Å². The largest absolute Gasteiger partial charge is 0.480 e. The van der Waals surface area contributed by atoms with Crippen LogP contribution in [0.3, 0.4) is 0 Å². The predicted molar refractivity (Wildman–Crippen MR) is 82.5 cm³/mol. The van der Waals surface area contributed by atoms with Gasteiger partial charge in [0.05, 0.1) is 12.6 Å². The SMILES string of the molecule is CC(=O)CCCNC(=O)C(Cc1ccccc1)NCC(=O)O. The first-order valence-electron chi connectivity index (χ1n) is 7.25. The summed E-state index contributed by atoms with van der Waals surface area (Å²) in [5, 5.41) is 14.2. The van der Waals surface area contributed by atoms with Crippen LogP contribution in [-0.4, -0.2) is 41.9 Å². The third kappa shape index (κ3) is 7.54. The smallest absolute Gasteiger partial charge is 0.317 e.